The molecule has 3 heterocycles. The Morgan fingerprint density at radius 1 is 1.34 bits per heavy atom. The molecule has 2 fully saturated rings. The number of hydrogen-bond acceptors (Lipinski definition) is 7. The Morgan fingerprint density at radius 3 is 2.79 bits per heavy atom. The minimum Gasteiger partial charge on any atom is -0.484 e. The van der Waals surface area contributed by atoms with Crippen molar-refractivity contribution in [2.24, 2.45) is 7.05 Å². The van der Waals surface area contributed by atoms with Crippen LogP contribution in [0.2, 0.25) is 0 Å². The van der Waals surface area contributed by atoms with Crippen molar-refractivity contribution in [2.45, 2.75) is 24.8 Å². The summed E-state index contributed by atoms with van der Waals surface area (Å²) < 4.78 is 29.4. The zero-order valence-corrected chi connectivity index (χ0v) is 16.5. The summed E-state index contributed by atoms with van der Waals surface area (Å²) in [6, 6.07) is 4.82. The van der Waals surface area contributed by atoms with Gasteiger partial charge in [-0.2, -0.15) is 5.10 Å². The van der Waals surface area contributed by atoms with Crippen molar-refractivity contribution in [1.82, 2.24) is 20.4 Å². The van der Waals surface area contributed by atoms with E-state index in [1.54, 1.807) is 29.9 Å². The van der Waals surface area contributed by atoms with E-state index in [2.05, 4.69) is 15.7 Å². The highest BCUT2D eigenvalue weighted by molar-refractivity contribution is 7.92. The summed E-state index contributed by atoms with van der Waals surface area (Å²) in [6.07, 6.45) is 0.680. The molecule has 2 saturated heterocycles. The fraction of sp³-hybridized carbons (Fsp3) is 0.444. The largest absolute Gasteiger partial charge is 0.484 e. The second-order valence-electron chi connectivity index (χ2n) is 7.32. The third-order valence-corrected chi connectivity index (χ3v) is 6.89. The van der Waals surface area contributed by atoms with Crippen LogP contribution < -0.4 is 15.4 Å². The van der Waals surface area contributed by atoms with Crippen LogP contribution in [0, 0.1) is 0 Å². The number of sulfone groups is 1. The summed E-state index contributed by atoms with van der Waals surface area (Å²) in [6.45, 7) is -0.236. The lowest BCUT2D eigenvalue weighted by molar-refractivity contribution is -0.134. The number of benzene rings is 1. The lowest BCUT2D eigenvalue weighted by atomic mass is 9.93. The number of piperidine rings is 1. The first-order valence-electron chi connectivity index (χ1n) is 9.15. The van der Waals surface area contributed by atoms with Gasteiger partial charge in [0.2, 0.25) is 11.8 Å². The predicted molar refractivity (Wildman–Crippen MR) is 102 cm³/mol. The number of carbonyl (C=O) groups excluding carboxylic acids is 3. The first-order chi connectivity index (χ1) is 13.7. The maximum Gasteiger partial charge on any atom is 0.258 e. The smallest absolute Gasteiger partial charge is 0.258 e. The monoisotopic (exact) mass is 420 g/mol. The van der Waals surface area contributed by atoms with Crippen LogP contribution in [0.25, 0.3) is 10.9 Å². The van der Waals surface area contributed by atoms with E-state index < -0.39 is 15.8 Å². The zero-order chi connectivity index (χ0) is 20.8. The molecule has 154 valence electrons. The van der Waals surface area contributed by atoms with Crippen LogP contribution in [0.15, 0.2) is 18.2 Å². The van der Waals surface area contributed by atoms with Gasteiger partial charge in [-0.3, -0.25) is 24.4 Å². The van der Waals surface area contributed by atoms with Crippen molar-refractivity contribution in [3.63, 3.8) is 0 Å². The fourth-order valence-electron chi connectivity index (χ4n) is 3.63. The molecule has 10 nitrogen and oxygen atoms in total. The van der Waals surface area contributed by atoms with Crippen LogP contribution in [0.3, 0.4) is 0 Å². The van der Waals surface area contributed by atoms with Gasteiger partial charge in [-0.15, -0.1) is 0 Å². The van der Waals surface area contributed by atoms with E-state index in [4.69, 9.17) is 4.74 Å². The van der Waals surface area contributed by atoms with E-state index in [0.717, 1.165) is 10.9 Å². The Labute approximate surface area is 166 Å². The summed E-state index contributed by atoms with van der Waals surface area (Å²) >= 11 is 0. The summed E-state index contributed by atoms with van der Waals surface area (Å²) in [5, 5.41) is 10.2. The number of hydrogen-bond donors (Lipinski definition) is 2. The molecule has 2 aliphatic rings. The third kappa shape index (κ3) is 3.95. The second kappa shape index (κ2) is 7.14. The number of imide groups is 1. The SMILES string of the molecule is Cn1nc(C2CCC(=O)NC2=O)c2ccc(OCC(=O)NC3CS(=O)(=O)C3)cc21. The van der Waals surface area contributed by atoms with Gasteiger partial charge in [-0.25, -0.2) is 8.42 Å². The van der Waals surface area contributed by atoms with Gasteiger partial charge < -0.3 is 10.1 Å². The standard InChI is InChI=1S/C18H20N4O6S/c1-22-14-6-11(28-7-16(24)19-10-8-29(26,27)9-10)2-3-12(14)17(21-22)13-4-5-15(23)20-18(13)25/h2-3,6,10,13H,4-5,7-9H2,1H3,(H,19,24)(H,20,23,25). The molecule has 1 atom stereocenters. The van der Waals surface area contributed by atoms with Crippen LogP contribution in [0.1, 0.15) is 24.5 Å². The molecule has 0 aliphatic carbocycles. The van der Waals surface area contributed by atoms with Crippen molar-refractivity contribution in [3.05, 3.63) is 23.9 Å². The number of carbonyl (C=O) groups is 3. The number of ether oxygens (including phenoxy) is 1. The predicted octanol–water partition coefficient (Wildman–Crippen LogP) is -0.614. The highest BCUT2D eigenvalue weighted by Crippen LogP contribution is 2.31. The van der Waals surface area contributed by atoms with Crippen molar-refractivity contribution in [2.75, 3.05) is 18.1 Å². The highest BCUT2D eigenvalue weighted by Gasteiger charge is 2.34. The average Bonchev–Trinajstić information content (AvgIpc) is 2.94. The molecule has 0 saturated carbocycles. The van der Waals surface area contributed by atoms with E-state index >= 15 is 0 Å². The van der Waals surface area contributed by atoms with E-state index in [9.17, 15) is 22.8 Å². The second-order valence-corrected chi connectivity index (χ2v) is 9.48. The van der Waals surface area contributed by atoms with Crippen LogP contribution in [-0.2, 0) is 31.3 Å². The summed E-state index contributed by atoms with van der Waals surface area (Å²) in [7, 11) is -1.26. The fourth-order valence-corrected chi connectivity index (χ4v) is 4.93. The van der Waals surface area contributed by atoms with Crippen LogP contribution in [0.4, 0.5) is 0 Å². The third-order valence-electron chi connectivity index (χ3n) is 5.07. The molecule has 0 radical (unpaired) electrons. The molecule has 1 aromatic carbocycles. The molecular weight excluding hydrogens is 400 g/mol. The lowest BCUT2D eigenvalue weighted by Crippen LogP contribution is -2.53. The van der Waals surface area contributed by atoms with Crippen LogP contribution >= 0.6 is 0 Å². The molecule has 1 unspecified atom stereocenters. The van der Waals surface area contributed by atoms with Crippen molar-refractivity contribution >= 4 is 38.5 Å². The first kappa shape index (κ1) is 19.4. The maximum atomic E-state index is 12.2. The summed E-state index contributed by atoms with van der Waals surface area (Å²) in [4.78, 5) is 35.5. The van der Waals surface area contributed by atoms with Crippen LogP contribution in [0.5, 0.6) is 5.75 Å². The normalized spacial score (nSPS) is 21.5. The van der Waals surface area contributed by atoms with Gasteiger partial charge in [0.05, 0.1) is 34.7 Å². The Balaban J connectivity index is 1.44. The maximum absolute atomic E-state index is 12.2. The topological polar surface area (TPSA) is 136 Å². The molecular formula is C18H20N4O6S. The highest BCUT2D eigenvalue weighted by atomic mass is 32.2. The molecule has 2 N–H and O–H groups in total. The van der Waals surface area contributed by atoms with Crippen molar-refractivity contribution < 1.29 is 27.5 Å². The molecule has 2 aromatic rings. The molecule has 29 heavy (non-hydrogen) atoms. The van der Waals surface area contributed by atoms with E-state index in [-0.39, 0.29) is 48.3 Å². The molecule has 0 bridgehead atoms. The molecule has 2 aliphatic heterocycles. The molecule has 4 rings (SSSR count). The molecule has 0 spiro atoms. The number of aromatic nitrogens is 2. The first-order valence-corrected chi connectivity index (χ1v) is 11.0. The summed E-state index contributed by atoms with van der Waals surface area (Å²) in [5.74, 6) is -1.14. The quantitative estimate of drug-likeness (QED) is 0.616. The molecule has 11 heteroatoms. The number of rotatable bonds is 5. The number of fused-ring (bicyclic) bond motifs is 1. The van der Waals surface area contributed by atoms with Gasteiger partial charge in [-0.05, 0) is 18.6 Å². The number of nitrogens with one attached hydrogen (secondary N) is 2. The number of amides is 3. The van der Waals surface area contributed by atoms with Gasteiger partial charge in [0.1, 0.15) is 5.75 Å². The lowest BCUT2D eigenvalue weighted by Gasteiger charge is -2.26. The van der Waals surface area contributed by atoms with Crippen LogP contribution in [-0.4, -0.2) is 60.1 Å². The minimum absolute atomic E-state index is 0.0389. The van der Waals surface area contributed by atoms with E-state index in [1.165, 1.54) is 0 Å². The Kier molecular flexibility index (Phi) is 4.77. The molecule has 3 amide bonds. The van der Waals surface area contributed by atoms with Gasteiger partial charge in [-0.1, -0.05) is 0 Å². The van der Waals surface area contributed by atoms with Gasteiger partial charge in [0.15, 0.2) is 16.4 Å². The Hall–Kier alpha value is -2.95. The van der Waals surface area contributed by atoms with Gasteiger partial charge >= 0.3 is 0 Å². The zero-order valence-electron chi connectivity index (χ0n) is 15.7. The van der Waals surface area contributed by atoms with Gasteiger partial charge in [0.25, 0.3) is 5.91 Å². The number of aryl methyl sites for hydroxylation is 1. The van der Waals surface area contributed by atoms with E-state index in [1.807, 2.05) is 0 Å². The van der Waals surface area contributed by atoms with Crippen molar-refractivity contribution in [3.8, 4) is 5.75 Å². The minimum atomic E-state index is -3.00. The van der Waals surface area contributed by atoms with Crippen molar-refractivity contribution in [1.29, 1.82) is 0 Å². The summed E-state index contributed by atoms with van der Waals surface area (Å²) in [5.41, 5.74) is 1.33. The van der Waals surface area contributed by atoms with E-state index in [0.29, 0.717) is 17.9 Å². The number of nitrogens with zero attached hydrogens (tertiary/aromatic N) is 2. The molecule has 1 aromatic heterocycles. The Morgan fingerprint density at radius 2 is 2.10 bits per heavy atom. The Bertz CT molecular complexity index is 1110. The van der Waals surface area contributed by atoms with Gasteiger partial charge in [0, 0.05) is 24.9 Å². The average molecular weight is 420 g/mol.